The standard InChI is InChI=1S/C27H24ClN5O3/c1-16-22(26(34)30-17-10-5-4-6-11-17)23(19-13-9-15-21(35-2)24(19)36-3)33-27(29-16)31-25(32-33)18-12-7-8-14-20(18)28/h4-15,23H,1-3H3,(H,30,34)(H,29,31,32). The van der Waals surface area contributed by atoms with Gasteiger partial charge in [0, 0.05) is 22.5 Å². The first kappa shape index (κ1) is 23.4. The highest BCUT2D eigenvalue weighted by molar-refractivity contribution is 6.33. The molecule has 2 N–H and O–H groups in total. The molecule has 1 atom stereocenters. The number of hydrogen-bond donors (Lipinski definition) is 2. The monoisotopic (exact) mass is 501 g/mol. The number of ether oxygens (including phenoxy) is 2. The number of carbonyl (C=O) groups is 1. The second-order valence-electron chi connectivity index (χ2n) is 8.15. The van der Waals surface area contributed by atoms with Crippen LogP contribution in [0.5, 0.6) is 11.5 Å². The summed E-state index contributed by atoms with van der Waals surface area (Å²) in [6, 6.07) is 21.6. The molecular formula is C27H24ClN5O3. The van der Waals surface area contributed by atoms with Gasteiger partial charge in [0.2, 0.25) is 5.95 Å². The van der Waals surface area contributed by atoms with Gasteiger partial charge in [-0.2, -0.15) is 4.98 Å². The summed E-state index contributed by atoms with van der Waals surface area (Å²) in [5.74, 6) is 1.69. The lowest BCUT2D eigenvalue weighted by molar-refractivity contribution is -0.113. The van der Waals surface area contributed by atoms with Crippen molar-refractivity contribution in [2.45, 2.75) is 13.0 Å². The average molecular weight is 502 g/mol. The molecule has 5 rings (SSSR count). The molecule has 1 amide bonds. The number of methoxy groups -OCH3 is 2. The molecule has 0 radical (unpaired) electrons. The Labute approximate surface area is 213 Å². The molecule has 8 nitrogen and oxygen atoms in total. The van der Waals surface area contributed by atoms with Crippen molar-refractivity contribution in [3.63, 3.8) is 0 Å². The lowest BCUT2D eigenvalue weighted by Crippen LogP contribution is -2.31. The number of carbonyl (C=O) groups excluding carboxylic acids is 1. The van der Waals surface area contributed by atoms with Crippen LogP contribution in [0.25, 0.3) is 11.4 Å². The van der Waals surface area contributed by atoms with Gasteiger partial charge in [-0.25, -0.2) is 4.68 Å². The lowest BCUT2D eigenvalue weighted by atomic mass is 9.94. The van der Waals surface area contributed by atoms with Gasteiger partial charge in [0.05, 0.1) is 24.8 Å². The highest BCUT2D eigenvalue weighted by atomic mass is 35.5. The van der Waals surface area contributed by atoms with Crippen molar-refractivity contribution in [1.29, 1.82) is 0 Å². The number of allylic oxidation sites excluding steroid dienone is 1. The number of anilines is 2. The Bertz CT molecular complexity index is 1470. The van der Waals surface area contributed by atoms with Crippen LogP contribution in [0.15, 0.2) is 84.1 Å². The minimum absolute atomic E-state index is 0.276. The summed E-state index contributed by atoms with van der Waals surface area (Å²) in [5, 5.41) is 11.6. The molecule has 4 aromatic rings. The predicted octanol–water partition coefficient (Wildman–Crippen LogP) is 5.54. The van der Waals surface area contributed by atoms with Crippen LogP contribution in [-0.4, -0.2) is 34.9 Å². The number of hydrogen-bond acceptors (Lipinski definition) is 6. The molecule has 0 aliphatic carbocycles. The number of para-hydroxylation sites is 2. The molecule has 3 aromatic carbocycles. The maximum Gasteiger partial charge on any atom is 0.255 e. The van der Waals surface area contributed by atoms with Crippen molar-refractivity contribution in [1.82, 2.24) is 14.8 Å². The molecule has 1 aromatic heterocycles. The number of nitrogens with zero attached hydrogens (tertiary/aromatic N) is 3. The van der Waals surface area contributed by atoms with E-state index in [9.17, 15) is 4.79 Å². The van der Waals surface area contributed by atoms with Crippen LogP contribution in [0.3, 0.4) is 0 Å². The summed E-state index contributed by atoms with van der Waals surface area (Å²) in [6.45, 7) is 1.84. The van der Waals surface area contributed by atoms with Crippen LogP contribution in [-0.2, 0) is 4.79 Å². The van der Waals surface area contributed by atoms with E-state index in [1.54, 1.807) is 31.0 Å². The first-order valence-electron chi connectivity index (χ1n) is 11.3. The second-order valence-corrected chi connectivity index (χ2v) is 8.56. The predicted molar refractivity (Wildman–Crippen MR) is 140 cm³/mol. The molecular weight excluding hydrogens is 478 g/mol. The number of aromatic nitrogens is 3. The van der Waals surface area contributed by atoms with Crippen molar-refractivity contribution < 1.29 is 14.3 Å². The molecule has 1 unspecified atom stereocenters. The number of halogens is 1. The van der Waals surface area contributed by atoms with Gasteiger partial charge in [-0.3, -0.25) is 4.79 Å². The van der Waals surface area contributed by atoms with Crippen molar-refractivity contribution in [2.75, 3.05) is 24.9 Å². The molecule has 0 bridgehead atoms. The molecule has 1 aliphatic heterocycles. The van der Waals surface area contributed by atoms with E-state index in [4.69, 9.17) is 31.2 Å². The highest BCUT2D eigenvalue weighted by Crippen LogP contribution is 2.43. The summed E-state index contributed by atoms with van der Waals surface area (Å²) < 4.78 is 13.0. The van der Waals surface area contributed by atoms with Gasteiger partial charge in [0.15, 0.2) is 17.3 Å². The first-order valence-corrected chi connectivity index (χ1v) is 11.7. The van der Waals surface area contributed by atoms with Gasteiger partial charge in [0.1, 0.15) is 6.04 Å². The first-order chi connectivity index (χ1) is 17.5. The Morgan fingerprint density at radius 3 is 2.47 bits per heavy atom. The van der Waals surface area contributed by atoms with E-state index in [1.165, 1.54) is 0 Å². The lowest BCUT2D eigenvalue weighted by Gasteiger charge is -2.30. The highest BCUT2D eigenvalue weighted by Gasteiger charge is 2.37. The third-order valence-corrected chi connectivity index (χ3v) is 6.30. The number of rotatable bonds is 6. The fourth-order valence-electron chi connectivity index (χ4n) is 4.34. The molecule has 182 valence electrons. The van der Waals surface area contributed by atoms with E-state index in [0.717, 1.165) is 0 Å². The maximum atomic E-state index is 13.7. The summed E-state index contributed by atoms with van der Waals surface area (Å²) in [7, 11) is 3.14. The van der Waals surface area contributed by atoms with E-state index < -0.39 is 6.04 Å². The molecule has 0 saturated carbocycles. The van der Waals surface area contributed by atoms with E-state index in [1.807, 2.05) is 67.6 Å². The molecule has 1 aliphatic rings. The zero-order chi connectivity index (χ0) is 25.2. The summed E-state index contributed by atoms with van der Waals surface area (Å²) in [4.78, 5) is 18.4. The van der Waals surface area contributed by atoms with Crippen LogP contribution in [0.4, 0.5) is 11.6 Å². The zero-order valence-electron chi connectivity index (χ0n) is 19.9. The Morgan fingerprint density at radius 1 is 1.00 bits per heavy atom. The quantitative estimate of drug-likeness (QED) is 0.360. The normalized spacial score (nSPS) is 14.6. The summed E-state index contributed by atoms with van der Waals surface area (Å²) in [5.41, 5.74) is 3.18. The molecule has 0 spiro atoms. The number of fused-ring (bicyclic) bond motifs is 1. The number of amides is 1. The minimum atomic E-state index is -0.654. The number of nitrogens with one attached hydrogen (secondary N) is 2. The van der Waals surface area contributed by atoms with E-state index in [2.05, 4.69) is 10.6 Å². The third kappa shape index (κ3) is 4.16. The van der Waals surface area contributed by atoms with Crippen molar-refractivity contribution in [3.8, 4) is 22.9 Å². The SMILES string of the molecule is COc1cccc(C2C(C(=O)Nc3ccccc3)=C(C)Nc3nc(-c4ccccc4Cl)nn32)c1OC. The second kappa shape index (κ2) is 9.75. The van der Waals surface area contributed by atoms with E-state index >= 15 is 0 Å². The van der Waals surface area contributed by atoms with Crippen molar-refractivity contribution >= 4 is 29.1 Å². The molecule has 9 heteroatoms. The topological polar surface area (TPSA) is 90.3 Å². The molecule has 0 saturated heterocycles. The molecule has 0 fully saturated rings. The maximum absolute atomic E-state index is 13.7. The Hall–Kier alpha value is -4.30. The van der Waals surface area contributed by atoms with Crippen molar-refractivity contribution in [3.05, 3.63) is 94.7 Å². The van der Waals surface area contributed by atoms with Crippen molar-refractivity contribution in [2.24, 2.45) is 0 Å². The smallest absolute Gasteiger partial charge is 0.255 e. The van der Waals surface area contributed by atoms with E-state index in [-0.39, 0.29) is 5.91 Å². The Morgan fingerprint density at radius 2 is 1.75 bits per heavy atom. The van der Waals surface area contributed by atoms with Crippen LogP contribution in [0.2, 0.25) is 5.02 Å². The van der Waals surface area contributed by atoms with Crippen LogP contribution >= 0.6 is 11.6 Å². The Balaban J connectivity index is 1.68. The van der Waals surface area contributed by atoms with Crippen LogP contribution in [0, 0.1) is 0 Å². The third-order valence-electron chi connectivity index (χ3n) is 5.97. The van der Waals surface area contributed by atoms with Crippen LogP contribution < -0.4 is 20.1 Å². The fourth-order valence-corrected chi connectivity index (χ4v) is 4.56. The summed E-state index contributed by atoms with van der Waals surface area (Å²) in [6.07, 6.45) is 0. The van der Waals surface area contributed by atoms with Crippen LogP contribution in [0.1, 0.15) is 18.5 Å². The molecule has 36 heavy (non-hydrogen) atoms. The van der Waals surface area contributed by atoms with Gasteiger partial charge in [-0.1, -0.05) is 54.1 Å². The van der Waals surface area contributed by atoms with Gasteiger partial charge < -0.3 is 20.1 Å². The van der Waals surface area contributed by atoms with Gasteiger partial charge in [-0.05, 0) is 37.3 Å². The Kier molecular flexibility index (Phi) is 6.35. The zero-order valence-corrected chi connectivity index (χ0v) is 20.7. The van der Waals surface area contributed by atoms with Gasteiger partial charge >= 0.3 is 0 Å². The number of benzene rings is 3. The van der Waals surface area contributed by atoms with E-state index in [0.29, 0.717) is 56.4 Å². The van der Waals surface area contributed by atoms with Gasteiger partial charge in [0.25, 0.3) is 5.91 Å². The van der Waals surface area contributed by atoms with Gasteiger partial charge in [-0.15, -0.1) is 5.10 Å². The molecule has 2 heterocycles. The largest absolute Gasteiger partial charge is 0.493 e. The summed E-state index contributed by atoms with van der Waals surface area (Å²) >= 11 is 6.44. The fraction of sp³-hybridized carbons (Fsp3) is 0.148. The average Bonchev–Trinajstić information content (AvgIpc) is 3.31. The minimum Gasteiger partial charge on any atom is -0.493 e.